The molecule has 17 heteroatoms. The van der Waals surface area contributed by atoms with Crippen LogP contribution in [-0.2, 0) is 60.9 Å². The second kappa shape index (κ2) is 21.2. The Hall–Kier alpha value is -5.95. The summed E-state index contributed by atoms with van der Waals surface area (Å²) in [4.78, 5) is 108. The summed E-state index contributed by atoms with van der Waals surface area (Å²) in [6.07, 6.45) is 2.15. The molecule has 7 amide bonds. The van der Waals surface area contributed by atoms with Crippen LogP contribution in [0.5, 0.6) is 0 Å². The average molecular weight is 989 g/mol. The standard InChI is InChI=1S/C47H53IN6O10/c1-46(2,27-51-38(55)17-18-42(59)53-26-31-13-7-8-14-32(31)34-22-35(34)33-15-9-10-16-37(33)53)28-63-29-47(3,48)23-39(56)49-24-40(57)50-25-41(58)52-36(21-30-11-5-4-6-12-30)45(62)64-54-43(60)19-20-44(54)61/h4-16,22,35-36H,17-21,23-29H2,1-3H3,(H,49,56)(H,50,57)(H,51,55)(H,52,58)/t35?,36-,47?/m0/s1. The van der Waals surface area contributed by atoms with Gasteiger partial charge in [0.2, 0.25) is 29.5 Å². The number of anilines is 1. The topological polar surface area (TPSA) is 210 Å². The van der Waals surface area contributed by atoms with E-state index in [-0.39, 0.29) is 69.5 Å². The van der Waals surface area contributed by atoms with Crippen molar-refractivity contribution in [2.45, 2.75) is 81.2 Å². The summed E-state index contributed by atoms with van der Waals surface area (Å²) in [6.45, 7) is 5.98. The van der Waals surface area contributed by atoms with Gasteiger partial charge in [-0.3, -0.25) is 33.6 Å². The highest BCUT2D eigenvalue weighted by Gasteiger charge is 2.37. The number of carbonyl (C=O) groups is 8. The van der Waals surface area contributed by atoms with Crippen molar-refractivity contribution in [2.75, 3.05) is 37.7 Å². The predicted molar refractivity (Wildman–Crippen MR) is 244 cm³/mol. The largest absolute Gasteiger partial charge is 0.379 e. The number of rotatable bonds is 20. The zero-order chi connectivity index (χ0) is 46.0. The Balaban J connectivity index is 0.872. The quantitative estimate of drug-likeness (QED) is 0.0732. The van der Waals surface area contributed by atoms with Crippen LogP contribution in [0.2, 0.25) is 0 Å². The van der Waals surface area contributed by atoms with Crippen LogP contribution in [0.15, 0.2) is 84.9 Å². The monoisotopic (exact) mass is 988 g/mol. The molecule has 0 radical (unpaired) electrons. The van der Waals surface area contributed by atoms with Crippen LogP contribution in [0.3, 0.4) is 0 Å². The molecule has 64 heavy (non-hydrogen) atoms. The highest BCUT2D eigenvalue weighted by Crippen LogP contribution is 2.51. The first-order valence-corrected chi connectivity index (χ1v) is 22.2. The number of fused-ring (bicyclic) bond motifs is 5. The number of allylic oxidation sites excluding steroid dienone is 2. The number of hydrogen-bond acceptors (Lipinski definition) is 10. The Labute approximate surface area is 385 Å². The normalized spacial score (nSPS) is 16.6. The summed E-state index contributed by atoms with van der Waals surface area (Å²) in [5.41, 5.74) is 5.67. The molecule has 2 aliphatic heterocycles. The number of ether oxygens (including phenoxy) is 1. The summed E-state index contributed by atoms with van der Waals surface area (Å²) < 4.78 is 5.35. The second-order valence-corrected chi connectivity index (χ2v) is 19.8. The summed E-state index contributed by atoms with van der Waals surface area (Å²) in [7, 11) is 0. The van der Waals surface area contributed by atoms with Crippen LogP contribution in [0.25, 0.3) is 5.57 Å². The van der Waals surface area contributed by atoms with Gasteiger partial charge in [-0.05, 0) is 40.8 Å². The number of para-hydroxylation sites is 1. The Kier molecular flexibility index (Phi) is 15.7. The highest BCUT2D eigenvalue weighted by molar-refractivity contribution is 14.1. The minimum Gasteiger partial charge on any atom is -0.379 e. The lowest BCUT2D eigenvalue weighted by Gasteiger charge is -2.29. The van der Waals surface area contributed by atoms with E-state index in [1.165, 1.54) is 5.57 Å². The molecular weight excluding hydrogens is 935 g/mol. The molecule has 2 unspecified atom stereocenters. The molecule has 0 bridgehead atoms. The molecular formula is C47H53IN6O10. The minimum absolute atomic E-state index is 0.00675. The molecule has 1 fully saturated rings. The molecule has 0 saturated carbocycles. The molecule has 6 rings (SSSR count). The van der Waals surface area contributed by atoms with E-state index in [0.29, 0.717) is 23.7 Å². The lowest BCUT2D eigenvalue weighted by molar-refractivity contribution is -0.199. The van der Waals surface area contributed by atoms with E-state index in [4.69, 9.17) is 9.57 Å². The van der Waals surface area contributed by atoms with Gasteiger partial charge in [0.25, 0.3) is 11.8 Å². The van der Waals surface area contributed by atoms with Crippen molar-refractivity contribution in [3.63, 3.8) is 0 Å². The van der Waals surface area contributed by atoms with Crippen molar-refractivity contribution in [2.24, 2.45) is 5.41 Å². The third kappa shape index (κ3) is 13.3. The van der Waals surface area contributed by atoms with Crippen LogP contribution < -0.4 is 26.2 Å². The maximum absolute atomic E-state index is 13.7. The van der Waals surface area contributed by atoms with Gasteiger partial charge in [-0.25, -0.2) is 4.79 Å². The summed E-state index contributed by atoms with van der Waals surface area (Å²) >= 11 is 2.12. The smallest absolute Gasteiger partial charge is 0.355 e. The zero-order valence-corrected chi connectivity index (χ0v) is 38.2. The molecule has 3 aliphatic rings. The number of imide groups is 1. The lowest BCUT2D eigenvalue weighted by atomic mass is 9.94. The Bertz CT molecular complexity index is 2300. The van der Waals surface area contributed by atoms with Crippen LogP contribution >= 0.6 is 22.6 Å². The molecule has 0 aromatic heterocycles. The van der Waals surface area contributed by atoms with E-state index < -0.39 is 63.5 Å². The number of halogens is 1. The summed E-state index contributed by atoms with van der Waals surface area (Å²) in [6, 6.07) is 23.5. The second-order valence-electron chi connectivity index (χ2n) is 17.2. The molecule has 3 aromatic carbocycles. The molecule has 16 nitrogen and oxygen atoms in total. The van der Waals surface area contributed by atoms with Crippen molar-refractivity contribution in [3.05, 3.63) is 107 Å². The van der Waals surface area contributed by atoms with Crippen LogP contribution in [0.1, 0.15) is 81.0 Å². The number of amides is 7. The first kappa shape index (κ1) is 47.5. The fourth-order valence-corrected chi connectivity index (χ4v) is 7.97. The minimum atomic E-state index is -1.27. The maximum Gasteiger partial charge on any atom is 0.355 e. The van der Waals surface area contributed by atoms with Gasteiger partial charge < -0.3 is 35.7 Å². The third-order valence-electron chi connectivity index (χ3n) is 10.8. The molecule has 4 N–H and O–H groups in total. The van der Waals surface area contributed by atoms with Gasteiger partial charge >= 0.3 is 5.97 Å². The molecule has 1 saturated heterocycles. The van der Waals surface area contributed by atoms with Crippen molar-refractivity contribution >= 4 is 81.2 Å². The van der Waals surface area contributed by atoms with Crippen LogP contribution in [0, 0.1) is 5.41 Å². The SMILES string of the molecule is CC(C)(CNC(=O)CCC(=O)N1Cc2ccccc2C2=CC2c2ccccc21)COCC(C)(I)CC(=O)NCC(=O)NCC(=O)N[C@@H](Cc1ccccc1)C(=O)ON1C(=O)CCC1=O. The van der Waals surface area contributed by atoms with Gasteiger partial charge in [0.15, 0.2) is 0 Å². The van der Waals surface area contributed by atoms with Gasteiger partial charge in [-0.15, -0.1) is 5.06 Å². The molecule has 3 atom stereocenters. The summed E-state index contributed by atoms with van der Waals surface area (Å²) in [5.74, 6) is -4.34. The van der Waals surface area contributed by atoms with Crippen molar-refractivity contribution in [1.29, 1.82) is 0 Å². The number of carbonyl (C=O) groups excluding carboxylic acids is 8. The number of hydrogen-bond donors (Lipinski definition) is 4. The molecule has 3 aromatic rings. The van der Waals surface area contributed by atoms with Crippen molar-refractivity contribution in [3.8, 4) is 0 Å². The Morgan fingerprint density at radius 3 is 2.17 bits per heavy atom. The van der Waals surface area contributed by atoms with Crippen molar-refractivity contribution in [1.82, 2.24) is 26.3 Å². The van der Waals surface area contributed by atoms with Gasteiger partial charge in [-0.1, -0.05) is 115 Å². The van der Waals surface area contributed by atoms with Crippen LogP contribution in [0.4, 0.5) is 5.69 Å². The van der Waals surface area contributed by atoms with E-state index in [9.17, 15) is 38.4 Å². The fourth-order valence-electron chi connectivity index (χ4n) is 7.40. The first-order valence-electron chi connectivity index (χ1n) is 21.2. The number of benzene rings is 3. The summed E-state index contributed by atoms with van der Waals surface area (Å²) in [5, 5.41) is 10.8. The number of hydroxylamine groups is 2. The van der Waals surface area contributed by atoms with Crippen LogP contribution in [-0.4, -0.2) is 94.7 Å². The van der Waals surface area contributed by atoms with Gasteiger partial charge in [0.05, 0.1) is 36.3 Å². The maximum atomic E-state index is 13.7. The number of nitrogens with one attached hydrogen (secondary N) is 4. The lowest BCUT2D eigenvalue weighted by Crippen LogP contribution is -2.50. The Morgan fingerprint density at radius 2 is 1.42 bits per heavy atom. The first-order chi connectivity index (χ1) is 30.5. The van der Waals surface area contributed by atoms with E-state index in [0.717, 1.165) is 22.4 Å². The van der Waals surface area contributed by atoms with E-state index >= 15 is 0 Å². The van der Waals surface area contributed by atoms with E-state index in [1.54, 1.807) is 35.2 Å². The van der Waals surface area contributed by atoms with Gasteiger partial charge in [0.1, 0.15) is 6.04 Å². The number of alkyl halides is 1. The molecule has 1 aliphatic carbocycles. The van der Waals surface area contributed by atoms with Crippen molar-refractivity contribution < 1.29 is 47.9 Å². The molecule has 338 valence electrons. The third-order valence-corrected chi connectivity index (χ3v) is 11.5. The fraction of sp³-hybridized carbons (Fsp3) is 0.404. The average Bonchev–Trinajstić information content (AvgIpc) is 3.99. The molecule has 0 spiro atoms. The Morgan fingerprint density at radius 1 is 0.766 bits per heavy atom. The zero-order valence-electron chi connectivity index (χ0n) is 36.1. The van der Waals surface area contributed by atoms with E-state index in [2.05, 4.69) is 62.1 Å². The number of nitrogens with zero attached hydrogens (tertiary/aromatic N) is 2. The predicted octanol–water partition coefficient (Wildman–Crippen LogP) is 3.80. The van der Waals surface area contributed by atoms with E-state index in [1.807, 2.05) is 57.2 Å². The molecule has 2 heterocycles. The van der Waals surface area contributed by atoms with Gasteiger partial charge in [-0.2, -0.15) is 0 Å². The highest BCUT2D eigenvalue weighted by atomic mass is 127. The van der Waals surface area contributed by atoms with Gasteiger partial charge in [0, 0.05) is 62.1 Å².